The van der Waals surface area contributed by atoms with Gasteiger partial charge in [-0.15, -0.1) is 0 Å². The van der Waals surface area contributed by atoms with Crippen LogP contribution in [0.4, 0.5) is 0 Å². The van der Waals surface area contributed by atoms with Crippen LogP contribution in [0.1, 0.15) is 43.4 Å². The number of ether oxygens (including phenoxy) is 1. The summed E-state index contributed by atoms with van der Waals surface area (Å²) in [7, 11) is 0. The van der Waals surface area contributed by atoms with Gasteiger partial charge in [-0.2, -0.15) is 17.9 Å². The fourth-order valence-corrected chi connectivity index (χ4v) is 2.73. The summed E-state index contributed by atoms with van der Waals surface area (Å²) in [6, 6.07) is 5.93. The zero-order valence-corrected chi connectivity index (χ0v) is 13.2. The summed E-state index contributed by atoms with van der Waals surface area (Å²) >= 11 is 4.47. The molecule has 0 saturated carbocycles. The van der Waals surface area contributed by atoms with Gasteiger partial charge in [-0.1, -0.05) is 13.8 Å². The highest BCUT2D eigenvalue weighted by Crippen LogP contribution is 2.31. The van der Waals surface area contributed by atoms with E-state index in [1.165, 1.54) is 0 Å². The maximum absolute atomic E-state index is 8.95. The van der Waals surface area contributed by atoms with Crippen molar-refractivity contribution < 1.29 is 4.74 Å². The molecule has 1 aromatic carbocycles. The third-order valence-corrected chi connectivity index (χ3v) is 4.62. The van der Waals surface area contributed by atoms with Crippen LogP contribution >= 0.6 is 12.6 Å². The van der Waals surface area contributed by atoms with Gasteiger partial charge < -0.3 is 4.74 Å². The third-order valence-electron chi connectivity index (χ3n) is 3.95. The number of benzene rings is 1. The number of thiol groups is 1. The lowest BCUT2D eigenvalue weighted by Gasteiger charge is -2.30. The smallest absolute Gasteiger partial charge is 0.125 e. The molecule has 0 unspecified atom stereocenters. The maximum atomic E-state index is 8.95. The summed E-state index contributed by atoms with van der Waals surface area (Å²) in [6.45, 7) is 9.02. The molecule has 1 aromatic rings. The Bertz CT molecular complexity index is 441. The van der Waals surface area contributed by atoms with Gasteiger partial charge in [0.2, 0.25) is 0 Å². The molecule has 0 radical (unpaired) electrons. The summed E-state index contributed by atoms with van der Waals surface area (Å²) in [5.74, 6) is 1.74. The largest absolute Gasteiger partial charge is 0.492 e. The van der Waals surface area contributed by atoms with Crippen molar-refractivity contribution in [1.29, 1.82) is 5.26 Å². The van der Waals surface area contributed by atoms with Gasteiger partial charge in [0, 0.05) is 5.41 Å². The summed E-state index contributed by atoms with van der Waals surface area (Å²) in [4.78, 5) is 0. The van der Waals surface area contributed by atoms with Crippen molar-refractivity contribution in [2.75, 3.05) is 12.4 Å². The molecule has 0 aliphatic rings. The predicted octanol–water partition coefficient (Wildman–Crippen LogP) is 4.29. The van der Waals surface area contributed by atoms with E-state index in [9.17, 15) is 0 Å². The van der Waals surface area contributed by atoms with Crippen molar-refractivity contribution in [2.45, 2.75) is 40.5 Å². The molecule has 1 rings (SSSR count). The van der Waals surface area contributed by atoms with Crippen molar-refractivity contribution in [3.05, 3.63) is 28.8 Å². The summed E-state index contributed by atoms with van der Waals surface area (Å²) in [6.07, 6.45) is 2.11. The van der Waals surface area contributed by atoms with Gasteiger partial charge in [-0.25, -0.2) is 0 Å². The Labute approximate surface area is 122 Å². The highest BCUT2D eigenvalue weighted by molar-refractivity contribution is 7.80. The Morgan fingerprint density at radius 3 is 2.11 bits per heavy atom. The molecule has 3 heteroatoms. The van der Waals surface area contributed by atoms with E-state index in [0.717, 1.165) is 35.5 Å². The molecule has 0 atom stereocenters. The van der Waals surface area contributed by atoms with Crippen LogP contribution in [-0.4, -0.2) is 12.4 Å². The topological polar surface area (TPSA) is 33.0 Å². The lowest BCUT2D eigenvalue weighted by atomic mass is 9.85. The SMILES string of the molecule is CCC(CC)(CS)COc1c(C)cc(C#N)cc1C. The molecule has 0 aromatic heterocycles. The molecule has 0 heterocycles. The van der Waals surface area contributed by atoms with Gasteiger partial charge in [-0.05, 0) is 55.7 Å². The highest BCUT2D eigenvalue weighted by atomic mass is 32.1. The van der Waals surface area contributed by atoms with Crippen LogP contribution in [0.25, 0.3) is 0 Å². The van der Waals surface area contributed by atoms with Crippen LogP contribution in [0.2, 0.25) is 0 Å². The first kappa shape index (κ1) is 15.9. The number of nitrogens with zero attached hydrogens (tertiary/aromatic N) is 1. The number of nitriles is 1. The minimum Gasteiger partial charge on any atom is -0.492 e. The molecular weight excluding hydrogens is 254 g/mol. The van der Waals surface area contributed by atoms with Crippen molar-refractivity contribution in [2.24, 2.45) is 5.41 Å². The van der Waals surface area contributed by atoms with Crippen molar-refractivity contribution in [3.63, 3.8) is 0 Å². The molecule has 19 heavy (non-hydrogen) atoms. The number of hydrogen-bond acceptors (Lipinski definition) is 3. The van der Waals surface area contributed by atoms with Crippen LogP contribution in [0.15, 0.2) is 12.1 Å². The minimum absolute atomic E-state index is 0.135. The van der Waals surface area contributed by atoms with E-state index in [1.807, 2.05) is 26.0 Å². The Kier molecular flexibility index (Phi) is 5.75. The van der Waals surface area contributed by atoms with E-state index in [1.54, 1.807) is 0 Å². The molecule has 0 bridgehead atoms. The Morgan fingerprint density at radius 2 is 1.74 bits per heavy atom. The van der Waals surface area contributed by atoms with Crippen LogP contribution in [0.5, 0.6) is 5.75 Å². The summed E-state index contributed by atoms with van der Waals surface area (Å²) < 4.78 is 6.05. The summed E-state index contributed by atoms with van der Waals surface area (Å²) in [5, 5.41) is 8.95. The number of hydrogen-bond donors (Lipinski definition) is 1. The first-order valence-electron chi connectivity index (χ1n) is 6.77. The lowest BCUT2D eigenvalue weighted by molar-refractivity contribution is 0.155. The van der Waals surface area contributed by atoms with E-state index in [-0.39, 0.29) is 5.41 Å². The molecule has 0 spiro atoms. The van der Waals surface area contributed by atoms with E-state index >= 15 is 0 Å². The van der Waals surface area contributed by atoms with Crippen molar-refractivity contribution >= 4 is 12.6 Å². The summed E-state index contributed by atoms with van der Waals surface area (Å²) in [5.41, 5.74) is 2.87. The molecule has 0 N–H and O–H groups in total. The van der Waals surface area contributed by atoms with Crippen LogP contribution in [0.3, 0.4) is 0 Å². The molecule has 0 aliphatic heterocycles. The van der Waals surface area contributed by atoms with Crippen LogP contribution in [-0.2, 0) is 0 Å². The first-order valence-corrected chi connectivity index (χ1v) is 7.40. The Balaban J connectivity index is 2.92. The maximum Gasteiger partial charge on any atom is 0.125 e. The van der Waals surface area contributed by atoms with Gasteiger partial charge >= 0.3 is 0 Å². The minimum atomic E-state index is 0.135. The van der Waals surface area contributed by atoms with Gasteiger partial charge in [0.15, 0.2) is 0 Å². The fourth-order valence-electron chi connectivity index (χ4n) is 2.19. The zero-order chi connectivity index (χ0) is 14.5. The molecule has 0 aliphatic carbocycles. The van der Waals surface area contributed by atoms with E-state index in [0.29, 0.717) is 12.2 Å². The highest BCUT2D eigenvalue weighted by Gasteiger charge is 2.26. The van der Waals surface area contributed by atoms with Crippen LogP contribution < -0.4 is 4.74 Å². The van der Waals surface area contributed by atoms with Gasteiger partial charge in [-0.3, -0.25) is 0 Å². The van der Waals surface area contributed by atoms with Gasteiger partial charge in [0.1, 0.15) is 5.75 Å². The predicted molar refractivity (Wildman–Crippen MR) is 83.0 cm³/mol. The second-order valence-electron chi connectivity index (χ2n) is 5.20. The molecule has 0 amide bonds. The quantitative estimate of drug-likeness (QED) is 0.787. The van der Waals surface area contributed by atoms with Crippen molar-refractivity contribution in [3.8, 4) is 11.8 Å². The molecular formula is C16H23NOS. The average Bonchev–Trinajstić information content (AvgIpc) is 2.42. The second kappa shape index (κ2) is 6.86. The van der Waals surface area contributed by atoms with Crippen molar-refractivity contribution in [1.82, 2.24) is 0 Å². The standard InChI is InChI=1S/C16H23NOS/c1-5-16(6-2,11-19)10-18-15-12(3)7-14(9-17)8-13(15)4/h7-8,19H,5-6,10-11H2,1-4H3. The fraction of sp³-hybridized carbons (Fsp3) is 0.562. The Hall–Kier alpha value is -1.14. The normalized spacial score (nSPS) is 11.2. The van der Waals surface area contributed by atoms with Gasteiger partial charge in [0.05, 0.1) is 18.2 Å². The van der Waals surface area contributed by atoms with E-state index < -0.39 is 0 Å². The lowest BCUT2D eigenvalue weighted by Crippen LogP contribution is -2.29. The average molecular weight is 277 g/mol. The zero-order valence-electron chi connectivity index (χ0n) is 12.3. The third kappa shape index (κ3) is 3.67. The molecule has 0 fully saturated rings. The molecule has 104 valence electrons. The van der Waals surface area contributed by atoms with Crippen LogP contribution in [0, 0.1) is 30.6 Å². The molecule has 0 saturated heterocycles. The number of aryl methyl sites for hydroxylation is 2. The van der Waals surface area contributed by atoms with E-state index in [4.69, 9.17) is 10.00 Å². The number of rotatable bonds is 6. The first-order chi connectivity index (χ1) is 9.01. The second-order valence-corrected chi connectivity index (χ2v) is 5.52. The van der Waals surface area contributed by atoms with E-state index in [2.05, 4.69) is 32.5 Å². The monoisotopic (exact) mass is 277 g/mol. The Morgan fingerprint density at radius 1 is 1.21 bits per heavy atom. The van der Waals surface area contributed by atoms with Gasteiger partial charge in [0.25, 0.3) is 0 Å². The molecule has 2 nitrogen and oxygen atoms in total.